The Morgan fingerprint density at radius 1 is 0.635 bits per heavy atom. The number of Topliss-reactive ketones (excluding diaryl/α,β-unsaturated/α-hetero) is 1. The molecular weight excluding hydrogens is 813 g/mol. The lowest BCUT2D eigenvalue weighted by atomic mass is 9.53. The first-order valence-corrected chi connectivity index (χ1v) is 21.4. The number of unbranched alkanes of at least 4 members (excludes halogenated alkanes) is 5. The number of carbonyl (C=O) groups is 7. The lowest BCUT2D eigenvalue weighted by Gasteiger charge is -2.46. The van der Waals surface area contributed by atoms with Gasteiger partial charge in [-0.15, -0.1) is 0 Å². The number of carboxylic acid groups (broad SMARTS) is 2. The number of anilines is 2. The van der Waals surface area contributed by atoms with Crippen molar-refractivity contribution in [2.75, 3.05) is 30.5 Å². The summed E-state index contributed by atoms with van der Waals surface area (Å²) in [5.74, 6) is -11.4. The van der Waals surface area contributed by atoms with Crippen molar-refractivity contribution in [2.45, 2.75) is 85.6 Å². The molecule has 0 saturated heterocycles. The molecule has 15 heteroatoms. The minimum absolute atomic E-state index is 0.0640. The van der Waals surface area contributed by atoms with E-state index in [1.54, 1.807) is 74.5 Å². The number of nitrogens with one attached hydrogen (secondary N) is 2. The topological polar surface area (TPSA) is 221 Å². The van der Waals surface area contributed by atoms with Gasteiger partial charge in [-0.05, 0) is 112 Å². The largest absolute Gasteiger partial charge is 0.494 e. The normalized spacial score (nSPS) is 16.8. The fourth-order valence-corrected chi connectivity index (χ4v) is 7.12. The molecule has 0 spiro atoms. The van der Waals surface area contributed by atoms with E-state index in [0.717, 1.165) is 19.3 Å². The van der Waals surface area contributed by atoms with Gasteiger partial charge in [0, 0.05) is 35.3 Å². The summed E-state index contributed by atoms with van der Waals surface area (Å²) in [6.45, 7) is 9.87. The molecule has 338 valence electrons. The predicted molar refractivity (Wildman–Crippen MR) is 235 cm³/mol. The number of carbonyl (C=O) groups excluding carboxylic acids is 5. The molecule has 1 saturated carbocycles. The van der Waals surface area contributed by atoms with Crippen molar-refractivity contribution in [1.82, 2.24) is 0 Å². The lowest BCUT2D eigenvalue weighted by Crippen LogP contribution is -2.61. The monoisotopic (exact) mass is 870 g/mol. The molecule has 1 aliphatic rings. The molecule has 0 aromatic heterocycles. The Bertz CT molecular complexity index is 2070. The fraction of sp³-hybridized carbons (Fsp3) is 0.438. The number of benzene rings is 3. The van der Waals surface area contributed by atoms with Crippen LogP contribution in [0.1, 0.15) is 106 Å². The van der Waals surface area contributed by atoms with Gasteiger partial charge in [0.15, 0.2) is 0 Å². The molecule has 63 heavy (non-hydrogen) atoms. The zero-order chi connectivity index (χ0) is 46.1. The van der Waals surface area contributed by atoms with Crippen molar-refractivity contribution >= 4 is 59.0 Å². The molecule has 0 heterocycles. The van der Waals surface area contributed by atoms with Gasteiger partial charge in [-0.25, -0.2) is 14.4 Å². The highest BCUT2D eigenvalue weighted by Crippen LogP contribution is 2.49. The molecule has 0 radical (unpaired) electrons. The third-order valence-corrected chi connectivity index (χ3v) is 10.3. The Morgan fingerprint density at radius 2 is 1.22 bits per heavy atom. The van der Waals surface area contributed by atoms with E-state index in [0.29, 0.717) is 60.6 Å². The van der Waals surface area contributed by atoms with Gasteiger partial charge in [0.2, 0.25) is 5.91 Å². The van der Waals surface area contributed by atoms with E-state index in [4.69, 9.17) is 18.9 Å². The smallest absolute Gasteiger partial charge is 0.343 e. The molecule has 0 aliphatic heterocycles. The predicted octanol–water partition coefficient (Wildman–Crippen LogP) is 8.08. The minimum atomic E-state index is -1.51. The summed E-state index contributed by atoms with van der Waals surface area (Å²) < 4.78 is 21.9. The maximum absolute atomic E-state index is 13.4. The number of carboxylic acids is 2. The third-order valence-electron chi connectivity index (χ3n) is 10.3. The Labute approximate surface area is 367 Å². The number of rotatable bonds is 25. The molecular formula is C48H58N2O13. The molecule has 4 rings (SSSR count). The van der Waals surface area contributed by atoms with Crippen LogP contribution >= 0.6 is 0 Å². The number of ether oxygens (including phenoxy) is 4. The summed E-state index contributed by atoms with van der Waals surface area (Å²) in [6, 6.07) is 17.8. The second-order valence-corrected chi connectivity index (χ2v) is 16.0. The van der Waals surface area contributed by atoms with Crippen LogP contribution in [0, 0.1) is 29.6 Å². The van der Waals surface area contributed by atoms with Crippen LogP contribution in [0.5, 0.6) is 11.5 Å². The van der Waals surface area contributed by atoms with Crippen molar-refractivity contribution in [1.29, 1.82) is 0 Å². The van der Waals surface area contributed by atoms with Gasteiger partial charge in [-0.3, -0.25) is 19.2 Å². The fourth-order valence-electron chi connectivity index (χ4n) is 7.12. The van der Waals surface area contributed by atoms with E-state index in [-0.39, 0.29) is 30.5 Å². The number of hydrogen-bond acceptors (Lipinski definition) is 12. The first-order valence-electron chi connectivity index (χ1n) is 21.4. The van der Waals surface area contributed by atoms with E-state index in [1.807, 2.05) is 13.8 Å². The summed E-state index contributed by atoms with van der Waals surface area (Å²) in [7, 11) is 0. The van der Waals surface area contributed by atoms with Crippen LogP contribution in [0.2, 0.25) is 0 Å². The van der Waals surface area contributed by atoms with Gasteiger partial charge in [-0.1, -0.05) is 45.7 Å². The number of amides is 1. The molecule has 1 aliphatic carbocycles. The summed E-state index contributed by atoms with van der Waals surface area (Å²) in [5, 5.41) is 25.4. The highest BCUT2D eigenvalue weighted by Gasteiger charge is 2.63. The van der Waals surface area contributed by atoms with Crippen LogP contribution in [0.15, 0.2) is 72.8 Å². The molecule has 2 atom stereocenters. The van der Waals surface area contributed by atoms with Crippen LogP contribution in [0.3, 0.4) is 0 Å². The summed E-state index contributed by atoms with van der Waals surface area (Å²) in [4.78, 5) is 88.3. The van der Waals surface area contributed by atoms with E-state index in [9.17, 15) is 43.8 Å². The Morgan fingerprint density at radius 3 is 1.81 bits per heavy atom. The Hall–Kier alpha value is -6.51. The maximum Gasteiger partial charge on any atom is 0.343 e. The molecule has 1 fully saturated rings. The zero-order valence-electron chi connectivity index (χ0n) is 36.4. The Balaban J connectivity index is 1.17. The van der Waals surface area contributed by atoms with Gasteiger partial charge in [0.1, 0.15) is 17.3 Å². The average molecular weight is 871 g/mol. The van der Waals surface area contributed by atoms with Gasteiger partial charge in [0.25, 0.3) is 0 Å². The summed E-state index contributed by atoms with van der Waals surface area (Å²) in [6.07, 6.45) is 8.60. The van der Waals surface area contributed by atoms with Crippen LogP contribution in [0.25, 0.3) is 6.08 Å². The van der Waals surface area contributed by atoms with Crippen molar-refractivity contribution in [2.24, 2.45) is 29.6 Å². The van der Waals surface area contributed by atoms with Gasteiger partial charge >= 0.3 is 29.8 Å². The Kier molecular flexibility index (Phi) is 18.9. The number of esters is 3. The van der Waals surface area contributed by atoms with E-state index < -0.39 is 71.1 Å². The van der Waals surface area contributed by atoms with E-state index in [1.165, 1.54) is 18.2 Å². The van der Waals surface area contributed by atoms with Crippen molar-refractivity contribution < 1.29 is 62.7 Å². The standard InChI is InChI=1S/C48H58N2O13/c1-6-7-10-23-60-36-20-16-32(17-21-36)48(59)63-37-18-13-31(14-19-37)15-22-38(51)61-24-11-8-9-12-25-62-47(58)33-26-34(49-30(4)5)28-35(27-33)50-44(53)40-41(45(54)55)39(42(40)46(56)57)43(52)29(2)3/h13-22,26-30,39-42,49H,6-12,23-25H2,1-5H3,(H,50,53)(H,54,55)(H,56,57)/b22-15+. The van der Waals surface area contributed by atoms with Crippen molar-refractivity contribution in [3.63, 3.8) is 0 Å². The minimum Gasteiger partial charge on any atom is -0.494 e. The maximum atomic E-state index is 13.4. The molecule has 4 N–H and O–H groups in total. The average Bonchev–Trinajstić information content (AvgIpc) is 3.22. The van der Waals surface area contributed by atoms with Crippen molar-refractivity contribution in [3.05, 3.63) is 89.5 Å². The SMILES string of the molecule is CCCCCOc1ccc(C(=O)Oc2ccc(/C=C/C(=O)OCCCCCCOC(=O)c3cc(NC(=O)C4C(C(=O)O)C(C(=O)C(C)C)C4C(=O)O)cc(NC(C)C)c3)cc2)cc1. The third kappa shape index (κ3) is 14.8. The van der Waals surface area contributed by atoms with Gasteiger partial charge in [0.05, 0.1) is 48.7 Å². The van der Waals surface area contributed by atoms with Crippen LogP contribution in [0.4, 0.5) is 11.4 Å². The van der Waals surface area contributed by atoms with E-state index in [2.05, 4.69) is 17.6 Å². The van der Waals surface area contributed by atoms with Crippen LogP contribution in [-0.2, 0) is 33.4 Å². The van der Waals surface area contributed by atoms with E-state index >= 15 is 0 Å². The number of hydrogen-bond donors (Lipinski definition) is 4. The quantitative estimate of drug-likeness (QED) is 0.0274. The highest BCUT2D eigenvalue weighted by atomic mass is 16.5. The number of aliphatic carboxylic acids is 2. The number of ketones is 1. The van der Waals surface area contributed by atoms with Gasteiger partial charge in [-0.2, -0.15) is 0 Å². The van der Waals surface area contributed by atoms with Crippen molar-refractivity contribution in [3.8, 4) is 11.5 Å². The molecule has 3 aromatic carbocycles. The summed E-state index contributed by atoms with van der Waals surface area (Å²) >= 11 is 0. The van der Waals surface area contributed by atoms with Crippen LogP contribution in [-0.4, -0.2) is 77.6 Å². The van der Waals surface area contributed by atoms with Gasteiger partial charge < -0.3 is 39.8 Å². The highest BCUT2D eigenvalue weighted by molar-refractivity contribution is 6.05. The lowest BCUT2D eigenvalue weighted by molar-refractivity contribution is -0.180. The molecule has 1 amide bonds. The first-order chi connectivity index (χ1) is 30.1. The molecule has 3 aromatic rings. The molecule has 0 bridgehead atoms. The molecule has 15 nitrogen and oxygen atoms in total. The molecule has 2 unspecified atom stereocenters. The van der Waals surface area contributed by atoms with Crippen LogP contribution < -0.4 is 20.1 Å². The second kappa shape index (κ2) is 24.2. The second-order valence-electron chi connectivity index (χ2n) is 16.0. The zero-order valence-corrected chi connectivity index (χ0v) is 36.4. The summed E-state index contributed by atoms with van der Waals surface area (Å²) in [5.41, 5.74) is 1.78. The first kappa shape index (κ1) is 49.1.